The van der Waals surface area contributed by atoms with Crippen molar-refractivity contribution in [2.75, 3.05) is 13.7 Å². The molecule has 0 aliphatic heterocycles. The van der Waals surface area contributed by atoms with E-state index in [9.17, 15) is 4.79 Å². The van der Waals surface area contributed by atoms with Crippen LogP contribution in [0.5, 0.6) is 0 Å². The van der Waals surface area contributed by atoms with Crippen LogP contribution in [0.2, 0.25) is 0 Å². The van der Waals surface area contributed by atoms with Gasteiger partial charge in [0, 0.05) is 6.54 Å². The normalized spacial score (nSPS) is 12.6. The van der Waals surface area contributed by atoms with E-state index < -0.39 is 0 Å². The molecular formula is C7H16N2O2. The maximum Gasteiger partial charge on any atom is 0.247 e. The number of nitrogens with one attached hydrogen (secondary N) is 1. The molecule has 0 rings (SSSR count). The molecule has 0 radical (unpaired) electrons. The highest BCUT2D eigenvalue weighted by Gasteiger charge is 2.14. The van der Waals surface area contributed by atoms with Crippen LogP contribution in [0.1, 0.15) is 19.8 Å². The third-order valence-electron chi connectivity index (χ3n) is 1.50. The van der Waals surface area contributed by atoms with Crippen molar-refractivity contribution in [1.82, 2.24) is 5.48 Å². The third-order valence-corrected chi connectivity index (χ3v) is 1.50. The number of amides is 1. The summed E-state index contributed by atoms with van der Waals surface area (Å²) in [5, 5.41) is 0. The van der Waals surface area contributed by atoms with E-state index >= 15 is 0 Å². The fraction of sp³-hybridized carbons (Fsp3) is 0.857. The van der Waals surface area contributed by atoms with Gasteiger partial charge in [-0.05, 0) is 6.42 Å². The molecule has 1 amide bonds. The minimum Gasteiger partial charge on any atom is -0.330 e. The second kappa shape index (κ2) is 6.12. The fourth-order valence-corrected chi connectivity index (χ4v) is 0.888. The van der Waals surface area contributed by atoms with Crippen molar-refractivity contribution >= 4 is 5.91 Å². The summed E-state index contributed by atoms with van der Waals surface area (Å²) in [6.07, 6.45) is 1.77. The van der Waals surface area contributed by atoms with Crippen molar-refractivity contribution in [3.63, 3.8) is 0 Å². The second-order valence-corrected chi connectivity index (χ2v) is 2.39. The summed E-state index contributed by atoms with van der Waals surface area (Å²) in [6, 6.07) is 0. The maximum atomic E-state index is 11.0. The SMILES string of the molecule is CCCC(CN)C(=O)NOC. The summed E-state index contributed by atoms with van der Waals surface area (Å²) in [5.74, 6) is -0.239. The lowest BCUT2D eigenvalue weighted by molar-refractivity contribution is -0.135. The quantitative estimate of drug-likeness (QED) is 0.558. The Morgan fingerprint density at radius 2 is 2.36 bits per heavy atom. The summed E-state index contributed by atoms with van der Waals surface area (Å²) >= 11 is 0. The lowest BCUT2D eigenvalue weighted by atomic mass is 10.0. The van der Waals surface area contributed by atoms with Crippen molar-refractivity contribution in [3.8, 4) is 0 Å². The van der Waals surface area contributed by atoms with Gasteiger partial charge in [0.2, 0.25) is 5.91 Å². The van der Waals surface area contributed by atoms with Gasteiger partial charge >= 0.3 is 0 Å². The molecule has 0 aromatic carbocycles. The van der Waals surface area contributed by atoms with Gasteiger partial charge in [-0.2, -0.15) is 0 Å². The molecule has 0 aromatic heterocycles. The Morgan fingerprint density at radius 3 is 2.73 bits per heavy atom. The van der Waals surface area contributed by atoms with Gasteiger partial charge in [-0.15, -0.1) is 0 Å². The van der Waals surface area contributed by atoms with Gasteiger partial charge in [0.15, 0.2) is 0 Å². The molecule has 0 spiro atoms. The van der Waals surface area contributed by atoms with Crippen molar-refractivity contribution < 1.29 is 9.63 Å². The molecule has 0 aromatic rings. The van der Waals surface area contributed by atoms with E-state index in [1.54, 1.807) is 0 Å². The average molecular weight is 160 g/mol. The Kier molecular flexibility index (Phi) is 5.78. The van der Waals surface area contributed by atoms with Gasteiger partial charge < -0.3 is 5.73 Å². The average Bonchev–Trinajstić information content (AvgIpc) is 2.00. The summed E-state index contributed by atoms with van der Waals surface area (Å²) in [4.78, 5) is 15.5. The number of hydrogen-bond donors (Lipinski definition) is 2. The highest BCUT2D eigenvalue weighted by atomic mass is 16.6. The molecule has 0 aliphatic carbocycles. The molecule has 4 heteroatoms. The zero-order valence-electron chi connectivity index (χ0n) is 7.09. The number of carbonyl (C=O) groups is 1. The van der Waals surface area contributed by atoms with Crippen LogP contribution in [0.25, 0.3) is 0 Å². The van der Waals surface area contributed by atoms with E-state index in [1.165, 1.54) is 7.11 Å². The number of hydrogen-bond acceptors (Lipinski definition) is 3. The van der Waals surface area contributed by atoms with Crippen LogP contribution in [0.15, 0.2) is 0 Å². The number of carbonyl (C=O) groups excluding carboxylic acids is 1. The number of hydroxylamine groups is 1. The van der Waals surface area contributed by atoms with Crippen LogP contribution in [0, 0.1) is 5.92 Å². The molecule has 0 fully saturated rings. The molecule has 0 saturated carbocycles. The monoisotopic (exact) mass is 160 g/mol. The molecule has 66 valence electrons. The Balaban J connectivity index is 3.71. The van der Waals surface area contributed by atoms with Gasteiger partial charge in [-0.3, -0.25) is 9.63 Å². The minimum absolute atomic E-state index is 0.111. The predicted molar refractivity (Wildman–Crippen MR) is 42.6 cm³/mol. The van der Waals surface area contributed by atoms with E-state index in [2.05, 4.69) is 10.3 Å². The van der Waals surface area contributed by atoms with E-state index in [4.69, 9.17) is 5.73 Å². The first-order valence-corrected chi connectivity index (χ1v) is 3.79. The summed E-state index contributed by atoms with van der Waals surface area (Å²) in [7, 11) is 1.41. The van der Waals surface area contributed by atoms with E-state index in [-0.39, 0.29) is 11.8 Å². The van der Waals surface area contributed by atoms with Crippen LogP contribution < -0.4 is 11.2 Å². The van der Waals surface area contributed by atoms with Crippen molar-refractivity contribution in [2.24, 2.45) is 11.7 Å². The molecule has 3 N–H and O–H groups in total. The van der Waals surface area contributed by atoms with Crippen LogP contribution in [0.3, 0.4) is 0 Å². The third kappa shape index (κ3) is 3.95. The minimum atomic E-state index is -0.128. The van der Waals surface area contributed by atoms with Crippen LogP contribution >= 0.6 is 0 Å². The smallest absolute Gasteiger partial charge is 0.247 e. The molecule has 11 heavy (non-hydrogen) atoms. The van der Waals surface area contributed by atoms with Crippen LogP contribution in [0.4, 0.5) is 0 Å². The zero-order chi connectivity index (χ0) is 8.69. The second-order valence-electron chi connectivity index (χ2n) is 2.39. The van der Waals surface area contributed by atoms with Crippen molar-refractivity contribution in [1.29, 1.82) is 0 Å². The molecule has 0 bridgehead atoms. The molecule has 1 unspecified atom stereocenters. The molecule has 4 nitrogen and oxygen atoms in total. The lowest BCUT2D eigenvalue weighted by Crippen LogP contribution is -2.34. The topological polar surface area (TPSA) is 64.4 Å². The fourth-order valence-electron chi connectivity index (χ4n) is 0.888. The highest BCUT2D eigenvalue weighted by molar-refractivity contribution is 5.77. The summed E-state index contributed by atoms with van der Waals surface area (Å²) < 4.78 is 0. The zero-order valence-corrected chi connectivity index (χ0v) is 7.09. The Labute approximate surface area is 67.0 Å². The van der Waals surface area contributed by atoms with E-state index in [0.717, 1.165) is 12.8 Å². The summed E-state index contributed by atoms with van der Waals surface area (Å²) in [6.45, 7) is 2.39. The van der Waals surface area contributed by atoms with Crippen molar-refractivity contribution in [3.05, 3.63) is 0 Å². The van der Waals surface area contributed by atoms with Crippen LogP contribution in [-0.4, -0.2) is 19.6 Å². The number of nitrogens with two attached hydrogens (primary N) is 1. The van der Waals surface area contributed by atoms with Crippen LogP contribution in [-0.2, 0) is 9.63 Å². The first-order valence-electron chi connectivity index (χ1n) is 3.79. The molecule has 0 saturated heterocycles. The number of rotatable bonds is 5. The van der Waals surface area contributed by atoms with E-state index in [1.807, 2.05) is 6.92 Å². The Bertz CT molecular complexity index is 117. The van der Waals surface area contributed by atoms with E-state index in [0.29, 0.717) is 6.54 Å². The summed E-state index contributed by atoms with van der Waals surface area (Å²) in [5.41, 5.74) is 7.64. The molecule has 1 atom stereocenters. The Morgan fingerprint density at radius 1 is 1.73 bits per heavy atom. The highest BCUT2D eigenvalue weighted by Crippen LogP contribution is 2.03. The molecule has 0 aliphatic rings. The van der Waals surface area contributed by atoms with Gasteiger partial charge in [0.05, 0.1) is 13.0 Å². The standard InChI is InChI=1S/C7H16N2O2/c1-3-4-6(5-8)7(10)9-11-2/h6H,3-5,8H2,1-2H3,(H,9,10). The maximum absolute atomic E-state index is 11.0. The first kappa shape index (κ1) is 10.4. The van der Waals surface area contributed by atoms with Gasteiger partial charge in [0.1, 0.15) is 0 Å². The van der Waals surface area contributed by atoms with Crippen molar-refractivity contribution in [2.45, 2.75) is 19.8 Å². The molecular weight excluding hydrogens is 144 g/mol. The Hall–Kier alpha value is -0.610. The van der Waals surface area contributed by atoms with Gasteiger partial charge in [-0.25, -0.2) is 5.48 Å². The lowest BCUT2D eigenvalue weighted by Gasteiger charge is -2.11. The predicted octanol–water partition coefficient (Wildman–Crippen LogP) is 0.0390. The molecule has 0 heterocycles. The largest absolute Gasteiger partial charge is 0.330 e. The van der Waals surface area contributed by atoms with Gasteiger partial charge in [-0.1, -0.05) is 13.3 Å². The first-order chi connectivity index (χ1) is 5.26. The van der Waals surface area contributed by atoms with Gasteiger partial charge in [0.25, 0.3) is 0 Å².